The Hall–Kier alpha value is -1.51. The summed E-state index contributed by atoms with van der Waals surface area (Å²) in [6.07, 6.45) is 0. The van der Waals surface area contributed by atoms with E-state index in [1.165, 1.54) is 0 Å². The number of carbonyl (C=O) groups excluding carboxylic acids is 1. The minimum absolute atomic E-state index is 0.106. The fraction of sp³-hybridized carbons (Fsp3) is 0.222. The largest absolute Gasteiger partial charge is 0.399 e. The molecule has 1 fully saturated rings. The number of nitrogens with two attached hydrogens (primary N) is 1. The lowest BCUT2D eigenvalue weighted by atomic mass is 10.2. The van der Waals surface area contributed by atoms with Crippen LogP contribution in [0, 0.1) is 0 Å². The molecule has 0 atom stereocenters. The van der Waals surface area contributed by atoms with E-state index in [1.54, 1.807) is 29.2 Å². The summed E-state index contributed by atoms with van der Waals surface area (Å²) < 4.78 is 0. The third-order valence-electron chi connectivity index (χ3n) is 1.89. The molecule has 1 amide bonds. The van der Waals surface area contributed by atoms with E-state index < -0.39 is 0 Å². The molecule has 0 spiro atoms. The summed E-state index contributed by atoms with van der Waals surface area (Å²) in [5.41, 5.74) is 6.91. The second-order valence-corrected chi connectivity index (χ2v) is 2.91. The van der Waals surface area contributed by atoms with Crippen LogP contribution >= 0.6 is 0 Å². The maximum absolute atomic E-state index is 11.4. The van der Waals surface area contributed by atoms with E-state index in [0.717, 1.165) is 18.7 Å². The number of hydrogen-bond donors (Lipinski definition) is 1. The van der Waals surface area contributed by atoms with Crippen molar-refractivity contribution in [1.29, 1.82) is 0 Å². The average Bonchev–Trinajstić information content (AvgIpc) is 2.87. The van der Waals surface area contributed by atoms with Gasteiger partial charge < -0.3 is 10.6 Å². The SMILES string of the molecule is Nc1ccc(C(=O)N2CC2)cc1. The second kappa shape index (κ2) is 2.52. The number of anilines is 1. The zero-order valence-corrected chi connectivity index (χ0v) is 6.66. The van der Waals surface area contributed by atoms with Crippen LogP contribution in [0.15, 0.2) is 24.3 Å². The van der Waals surface area contributed by atoms with E-state index in [0.29, 0.717) is 5.69 Å². The predicted molar refractivity (Wildman–Crippen MR) is 46.8 cm³/mol. The molecule has 0 saturated carbocycles. The molecule has 3 heteroatoms. The molecule has 0 aliphatic carbocycles. The van der Waals surface area contributed by atoms with Crippen LogP contribution in [0.3, 0.4) is 0 Å². The van der Waals surface area contributed by atoms with Gasteiger partial charge in [0.15, 0.2) is 0 Å². The van der Waals surface area contributed by atoms with Crippen LogP contribution in [0.5, 0.6) is 0 Å². The summed E-state index contributed by atoms with van der Waals surface area (Å²) in [5, 5.41) is 0. The minimum atomic E-state index is 0.106. The van der Waals surface area contributed by atoms with Crippen molar-refractivity contribution in [3.8, 4) is 0 Å². The normalized spacial score (nSPS) is 14.5. The van der Waals surface area contributed by atoms with Crippen molar-refractivity contribution in [3.05, 3.63) is 29.8 Å². The zero-order valence-electron chi connectivity index (χ0n) is 6.66. The van der Waals surface area contributed by atoms with Gasteiger partial charge in [-0.2, -0.15) is 0 Å². The number of rotatable bonds is 1. The summed E-state index contributed by atoms with van der Waals surface area (Å²) in [5.74, 6) is 0.106. The molecule has 12 heavy (non-hydrogen) atoms. The summed E-state index contributed by atoms with van der Waals surface area (Å²) >= 11 is 0. The van der Waals surface area contributed by atoms with Crippen LogP contribution < -0.4 is 5.73 Å². The van der Waals surface area contributed by atoms with Gasteiger partial charge >= 0.3 is 0 Å². The first kappa shape index (κ1) is 7.16. The van der Waals surface area contributed by atoms with E-state index in [-0.39, 0.29) is 5.91 Å². The highest BCUT2D eigenvalue weighted by Gasteiger charge is 2.24. The van der Waals surface area contributed by atoms with E-state index >= 15 is 0 Å². The van der Waals surface area contributed by atoms with Crippen molar-refractivity contribution in [2.75, 3.05) is 18.8 Å². The van der Waals surface area contributed by atoms with Crippen LogP contribution in [0.4, 0.5) is 5.69 Å². The number of benzene rings is 1. The molecule has 62 valence electrons. The number of carbonyl (C=O) groups is 1. The maximum Gasteiger partial charge on any atom is 0.253 e. The molecule has 2 rings (SSSR count). The van der Waals surface area contributed by atoms with Gasteiger partial charge in [0.2, 0.25) is 0 Å². The van der Waals surface area contributed by atoms with Crippen LogP contribution in [0.2, 0.25) is 0 Å². The Kier molecular flexibility index (Phi) is 1.50. The molecule has 1 aliphatic heterocycles. The van der Waals surface area contributed by atoms with Gasteiger partial charge in [-0.3, -0.25) is 4.79 Å². The van der Waals surface area contributed by atoms with Gasteiger partial charge in [-0.15, -0.1) is 0 Å². The van der Waals surface area contributed by atoms with Gasteiger partial charge in [0, 0.05) is 24.3 Å². The Morgan fingerprint density at radius 2 is 1.83 bits per heavy atom. The molecule has 0 bridgehead atoms. The van der Waals surface area contributed by atoms with Crippen molar-refractivity contribution in [1.82, 2.24) is 4.90 Å². The molecule has 1 aromatic rings. The van der Waals surface area contributed by atoms with E-state index in [1.807, 2.05) is 0 Å². The molecular formula is C9H10N2O. The molecule has 0 aromatic heterocycles. The molecule has 0 radical (unpaired) electrons. The van der Waals surface area contributed by atoms with E-state index in [9.17, 15) is 4.79 Å². The molecule has 0 unspecified atom stereocenters. The lowest BCUT2D eigenvalue weighted by molar-refractivity contribution is 0.0885. The number of nitrogens with zero attached hydrogens (tertiary/aromatic N) is 1. The summed E-state index contributed by atoms with van der Waals surface area (Å²) in [7, 11) is 0. The molecule has 1 heterocycles. The van der Waals surface area contributed by atoms with Gasteiger partial charge in [-0.1, -0.05) is 0 Å². The molecule has 3 nitrogen and oxygen atoms in total. The molecular weight excluding hydrogens is 152 g/mol. The summed E-state index contributed by atoms with van der Waals surface area (Å²) in [6, 6.07) is 7.01. The Balaban J connectivity index is 2.22. The Bertz CT molecular complexity index is 301. The van der Waals surface area contributed by atoms with E-state index in [2.05, 4.69) is 0 Å². The molecule has 1 aromatic carbocycles. The highest BCUT2D eigenvalue weighted by Crippen LogP contribution is 2.13. The lowest BCUT2D eigenvalue weighted by Crippen LogP contribution is -2.10. The van der Waals surface area contributed by atoms with Crippen LogP contribution in [-0.4, -0.2) is 23.9 Å². The van der Waals surface area contributed by atoms with Gasteiger partial charge in [-0.25, -0.2) is 0 Å². The standard InChI is InChI=1S/C9H10N2O/c10-8-3-1-7(2-4-8)9(12)11-5-6-11/h1-4H,5-6,10H2. The van der Waals surface area contributed by atoms with Crippen molar-refractivity contribution in [2.24, 2.45) is 0 Å². The summed E-state index contributed by atoms with van der Waals surface area (Å²) in [6.45, 7) is 1.78. The Morgan fingerprint density at radius 1 is 1.25 bits per heavy atom. The van der Waals surface area contributed by atoms with Crippen LogP contribution in [0.25, 0.3) is 0 Å². The molecule has 1 aliphatic rings. The Morgan fingerprint density at radius 3 is 2.33 bits per heavy atom. The van der Waals surface area contributed by atoms with Crippen molar-refractivity contribution in [3.63, 3.8) is 0 Å². The third kappa shape index (κ3) is 1.25. The highest BCUT2D eigenvalue weighted by molar-refractivity contribution is 5.95. The number of amides is 1. The van der Waals surface area contributed by atoms with Crippen molar-refractivity contribution in [2.45, 2.75) is 0 Å². The highest BCUT2D eigenvalue weighted by atomic mass is 16.2. The fourth-order valence-corrected chi connectivity index (χ4v) is 1.06. The van der Waals surface area contributed by atoms with Crippen molar-refractivity contribution < 1.29 is 4.79 Å². The first-order valence-electron chi connectivity index (χ1n) is 3.92. The number of nitrogen functional groups attached to an aromatic ring is 1. The zero-order chi connectivity index (χ0) is 8.55. The minimum Gasteiger partial charge on any atom is -0.399 e. The fourth-order valence-electron chi connectivity index (χ4n) is 1.06. The first-order valence-corrected chi connectivity index (χ1v) is 3.92. The van der Waals surface area contributed by atoms with E-state index in [4.69, 9.17) is 5.73 Å². The number of hydrogen-bond acceptors (Lipinski definition) is 2. The van der Waals surface area contributed by atoms with Crippen LogP contribution in [-0.2, 0) is 0 Å². The Labute approximate surface area is 70.8 Å². The van der Waals surface area contributed by atoms with Crippen molar-refractivity contribution >= 4 is 11.6 Å². The second-order valence-electron chi connectivity index (χ2n) is 2.91. The first-order chi connectivity index (χ1) is 5.77. The average molecular weight is 162 g/mol. The summed E-state index contributed by atoms with van der Waals surface area (Å²) in [4.78, 5) is 13.2. The molecule has 2 N–H and O–H groups in total. The van der Waals surface area contributed by atoms with Crippen LogP contribution in [0.1, 0.15) is 10.4 Å². The smallest absolute Gasteiger partial charge is 0.253 e. The van der Waals surface area contributed by atoms with Gasteiger partial charge in [0.25, 0.3) is 5.91 Å². The topological polar surface area (TPSA) is 46.1 Å². The lowest BCUT2D eigenvalue weighted by Gasteiger charge is -2.00. The predicted octanol–water partition coefficient (Wildman–Crippen LogP) is 0.725. The molecule has 1 saturated heterocycles. The maximum atomic E-state index is 11.4. The monoisotopic (exact) mass is 162 g/mol. The van der Waals surface area contributed by atoms with Gasteiger partial charge in [0.05, 0.1) is 0 Å². The quantitative estimate of drug-likeness (QED) is 0.488. The van der Waals surface area contributed by atoms with Gasteiger partial charge in [0.1, 0.15) is 0 Å². The van der Waals surface area contributed by atoms with Gasteiger partial charge in [-0.05, 0) is 24.3 Å². The third-order valence-corrected chi connectivity index (χ3v) is 1.89.